The second-order valence-electron chi connectivity index (χ2n) is 4.23. The first-order valence-electron chi connectivity index (χ1n) is 5.53. The van der Waals surface area contributed by atoms with E-state index in [9.17, 15) is 22.6 Å². The fourth-order valence-corrected chi connectivity index (χ4v) is 2.91. The van der Waals surface area contributed by atoms with Gasteiger partial charge in [0.15, 0.2) is 0 Å². The highest BCUT2D eigenvalue weighted by atomic mass is 32.2. The van der Waals surface area contributed by atoms with Crippen LogP contribution in [0.15, 0.2) is 44.8 Å². The molecule has 1 aromatic heterocycles. The number of hydrogen-bond donors (Lipinski definition) is 3. The molecule has 1 heterocycles. The van der Waals surface area contributed by atoms with Crippen LogP contribution in [-0.2, 0) is 10.1 Å². The Hall–Kier alpha value is -2.45. The average molecular weight is 292 g/mol. The molecule has 3 aromatic rings. The van der Waals surface area contributed by atoms with Gasteiger partial charge >= 0.3 is 5.69 Å². The summed E-state index contributed by atoms with van der Waals surface area (Å²) in [7, 11) is -4.49. The molecule has 0 amide bonds. The summed E-state index contributed by atoms with van der Waals surface area (Å²) in [5.41, 5.74) is -1.19. The van der Waals surface area contributed by atoms with Crippen LogP contribution in [0, 0.1) is 0 Å². The molecule has 0 aliphatic heterocycles. The van der Waals surface area contributed by atoms with Crippen molar-refractivity contribution in [2.24, 2.45) is 0 Å². The van der Waals surface area contributed by atoms with Crippen LogP contribution in [0.3, 0.4) is 0 Å². The maximum absolute atomic E-state index is 11.8. The van der Waals surface area contributed by atoms with E-state index in [4.69, 9.17) is 0 Å². The molecule has 2 aromatic carbocycles. The van der Waals surface area contributed by atoms with Gasteiger partial charge < -0.3 is 4.98 Å². The van der Waals surface area contributed by atoms with E-state index in [1.807, 2.05) is 4.98 Å². The Morgan fingerprint density at radius 3 is 2.25 bits per heavy atom. The summed E-state index contributed by atoms with van der Waals surface area (Å²) in [4.78, 5) is 27.2. The number of aromatic nitrogens is 2. The van der Waals surface area contributed by atoms with Gasteiger partial charge in [0.05, 0.1) is 10.9 Å². The van der Waals surface area contributed by atoms with Gasteiger partial charge in [0, 0.05) is 10.8 Å². The molecule has 0 unspecified atom stereocenters. The lowest BCUT2D eigenvalue weighted by Gasteiger charge is -2.07. The first kappa shape index (κ1) is 12.6. The predicted octanol–water partition coefficient (Wildman–Crippen LogP) is 0.616. The van der Waals surface area contributed by atoms with Crippen molar-refractivity contribution in [3.63, 3.8) is 0 Å². The zero-order chi connectivity index (χ0) is 14.5. The number of rotatable bonds is 1. The lowest BCUT2D eigenvalue weighted by Crippen LogP contribution is -2.22. The third-order valence-electron chi connectivity index (χ3n) is 2.99. The second kappa shape index (κ2) is 4.02. The van der Waals surface area contributed by atoms with Gasteiger partial charge in [-0.2, -0.15) is 8.42 Å². The van der Waals surface area contributed by atoms with E-state index in [1.165, 1.54) is 6.07 Å². The van der Waals surface area contributed by atoms with Crippen molar-refractivity contribution in [2.45, 2.75) is 4.90 Å². The molecule has 8 heteroatoms. The number of H-pyrrole nitrogens is 2. The topological polar surface area (TPSA) is 120 Å². The third kappa shape index (κ3) is 1.82. The van der Waals surface area contributed by atoms with E-state index in [1.54, 1.807) is 18.2 Å². The Kier molecular flexibility index (Phi) is 2.53. The van der Waals surface area contributed by atoms with E-state index < -0.39 is 21.4 Å². The number of benzene rings is 2. The number of hydrogen-bond acceptors (Lipinski definition) is 4. The highest BCUT2D eigenvalue weighted by molar-refractivity contribution is 7.86. The lowest BCUT2D eigenvalue weighted by atomic mass is 10.1. The molecule has 0 radical (unpaired) electrons. The maximum Gasteiger partial charge on any atom is 0.326 e. The number of aromatic amines is 2. The zero-order valence-electron chi connectivity index (χ0n) is 9.88. The van der Waals surface area contributed by atoms with Crippen LogP contribution >= 0.6 is 0 Å². The van der Waals surface area contributed by atoms with Crippen LogP contribution in [-0.4, -0.2) is 22.9 Å². The summed E-state index contributed by atoms with van der Waals surface area (Å²) in [6, 6.07) is 7.31. The summed E-state index contributed by atoms with van der Waals surface area (Å²) in [6.45, 7) is 0. The normalized spacial score (nSPS) is 12.1. The van der Waals surface area contributed by atoms with Crippen LogP contribution in [0.1, 0.15) is 0 Å². The molecule has 0 atom stereocenters. The second-order valence-corrected chi connectivity index (χ2v) is 5.62. The molecule has 7 nitrogen and oxygen atoms in total. The SMILES string of the molecule is O=c1[nH]c(=O)c2cc(S(=O)(=O)O)c3ccccc3c2[nH]1. The zero-order valence-corrected chi connectivity index (χ0v) is 10.7. The van der Waals surface area contributed by atoms with Gasteiger partial charge in [-0.15, -0.1) is 0 Å². The molecule has 20 heavy (non-hydrogen) atoms. The standard InChI is InChI=1S/C12H8N2O5S/c15-11-8-5-9(20(17,18)19)6-3-1-2-4-7(6)10(8)13-12(16)14-11/h1-5H,(H,17,18,19)(H2,13,14,15,16). The van der Waals surface area contributed by atoms with Gasteiger partial charge in [-0.25, -0.2) is 4.79 Å². The summed E-state index contributed by atoms with van der Waals surface area (Å²) < 4.78 is 32.2. The van der Waals surface area contributed by atoms with Crippen molar-refractivity contribution in [1.29, 1.82) is 0 Å². The Balaban J connectivity index is 2.73. The lowest BCUT2D eigenvalue weighted by molar-refractivity contribution is 0.484. The molecule has 0 spiro atoms. The number of nitrogens with one attached hydrogen (secondary N) is 2. The minimum absolute atomic E-state index is 0.0177. The quantitative estimate of drug-likeness (QED) is 0.448. The predicted molar refractivity (Wildman–Crippen MR) is 72.5 cm³/mol. The summed E-state index contributed by atoms with van der Waals surface area (Å²) in [5.74, 6) is 0. The summed E-state index contributed by atoms with van der Waals surface area (Å²) in [6.07, 6.45) is 0. The van der Waals surface area contributed by atoms with Gasteiger partial charge in [0.1, 0.15) is 4.90 Å². The Morgan fingerprint density at radius 2 is 1.60 bits per heavy atom. The largest absolute Gasteiger partial charge is 0.326 e. The van der Waals surface area contributed by atoms with Gasteiger partial charge in [0.25, 0.3) is 15.7 Å². The van der Waals surface area contributed by atoms with E-state index in [2.05, 4.69) is 4.98 Å². The van der Waals surface area contributed by atoms with Crippen molar-refractivity contribution < 1.29 is 13.0 Å². The van der Waals surface area contributed by atoms with Crippen molar-refractivity contribution in [2.75, 3.05) is 0 Å². The molecule has 0 aliphatic carbocycles. The molecule has 3 rings (SSSR count). The van der Waals surface area contributed by atoms with Crippen LogP contribution < -0.4 is 11.2 Å². The molecule has 102 valence electrons. The molecule has 0 saturated carbocycles. The average Bonchev–Trinajstić information content (AvgIpc) is 2.36. The minimum Gasteiger partial charge on any atom is -0.306 e. The Bertz CT molecular complexity index is 1060. The molecule has 0 bridgehead atoms. The summed E-state index contributed by atoms with van der Waals surface area (Å²) >= 11 is 0. The first-order chi connectivity index (χ1) is 9.38. The fourth-order valence-electron chi connectivity index (χ4n) is 2.18. The van der Waals surface area contributed by atoms with Crippen LogP contribution in [0.4, 0.5) is 0 Å². The smallest absolute Gasteiger partial charge is 0.306 e. The molecule has 3 N–H and O–H groups in total. The van der Waals surface area contributed by atoms with E-state index >= 15 is 0 Å². The molecule has 0 aliphatic rings. The fraction of sp³-hybridized carbons (Fsp3) is 0. The molecular formula is C12H8N2O5S. The van der Waals surface area contributed by atoms with E-state index in [-0.39, 0.29) is 21.2 Å². The minimum atomic E-state index is -4.49. The molecule has 0 saturated heterocycles. The van der Waals surface area contributed by atoms with Gasteiger partial charge in [-0.05, 0) is 6.07 Å². The Labute approximate surface area is 111 Å². The van der Waals surface area contributed by atoms with Crippen LogP contribution in [0.25, 0.3) is 21.7 Å². The van der Waals surface area contributed by atoms with Crippen molar-refractivity contribution in [3.05, 3.63) is 51.2 Å². The molecule has 0 fully saturated rings. The summed E-state index contributed by atoms with van der Waals surface area (Å²) in [5, 5.41) is 0.570. The van der Waals surface area contributed by atoms with Gasteiger partial charge in [-0.3, -0.25) is 14.3 Å². The van der Waals surface area contributed by atoms with E-state index in [0.717, 1.165) is 6.07 Å². The van der Waals surface area contributed by atoms with E-state index in [0.29, 0.717) is 5.39 Å². The molecular weight excluding hydrogens is 284 g/mol. The van der Waals surface area contributed by atoms with Crippen LogP contribution in [0.2, 0.25) is 0 Å². The van der Waals surface area contributed by atoms with Crippen LogP contribution in [0.5, 0.6) is 0 Å². The highest BCUT2D eigenvalue weighted by Crippen LogP contribution is 2.27. The van der Waals surface area contributed by atoms with Crippen molar-refractivity contribution in [1.82, 2.24) is 9.97 Å². The highest BCUT2D eigenvalue weighted by Gasteiger charge is 2.17. The van der Waals surface area contributed by atoms with Gasteiger partial charge in [-0.1, -0.05) is 24.3 Å². The Morgan fingerprint density at radius 1 is 0.950 bits per heavy atom. The van der Waals surface area contributed by atoms with Gasteiger partial charge in [0.2, 0.25) is 0 Å². The number of fused-ring (bicyclic) bond motifs is 3. The first-order valence-corrected chi connectivity index (χ1v) is 6.97. The maximum atomic E-state index is 11.8. The third-order valence-corrected chi connectivity index (χ3v) is 3.89. The van der Waals surface area contributed by atoms with Crippen molar-refractivity contribution in [3.8, 4) is 0 Å². The monoisotopic (exact) mass is 292 g/mol. The van der Waals surface area contributed by atoms with Crippen molar-refractivity contribution >= 4 is 31.8 Å².